The number of rotatable bonds is 4. The molecule has 0 aliphatic heterocycles. The van der Waals surface area contributed by atoms with Crippen LogP contribution < -0.4 is 4.57 Å². The molecule has 1 aromatic heterocycles. The molecule has 0 saturated heterocycles. The number of unbranched alkanes of at least 4 members (excludes halogenated alkanes) is 1. The van der Waals surface area contributed by atoms with E-state index in [9.17, 15) is 0 Å². The van der Waals surface area contributed by atoms with Crippen LogP contribution >= 0.6 is 12.2 Å². The van der Waals surface area contributed by atoms with E-state index in [4.69, 9.17) is 24.8 Å². The first-order chi connectivity index (χ1) is 6.16. The summed E-state index contributed by atoms with van der Waals surface area (Å²) in [6, 6.07) is 0. The van der Waals surface area contributed by atoms with Gasteiger partial charge in [0.25, 0.3) is 5.82 Å². The third-order valence-electron chi connectivity index (χ3n) is 2.01. The molecule has 1 heterocycles. The highest BCUT2D eigenvalue weighted by Crippen LogP contribution is 2.00. The van der Waals surface area contributed by atoms with E-state index in [1.165, 1.54) is 12.8 Å². The van der Waals surface area contributed by atoms with Gasteiger partial charge in [-0.2, -0.15) is 0 Å². The zero-order valence-electron chi connectivity index (χ0n) is 7.99. The summed E-state index contributed by atoms with van der Waals surface area (Å²) in [5.41, 5.74) is 0. The van der Waals surface area contributed by atoms with Crippen LogP contribution in [0.1, 0.15) is 25.6 Å². The van der Waals surface area contributed by atoms with E-state index in [1.807, 2.05) is 24.0 Å². The number of aryl methyl sites for hydroxylation is 2. The standard InChI is InChI=1S/C9H14N2S2/c1-3-4-5-11-7-6-10(2)8(11)9(12)13/h6-7H,3-5H2,1-2H3. The quantitative estimate of drug-likeness (QED) is 0.425. The van der Waals surface area contributed by atoms with E-state index < -0.39 is 0 Å². The van der Waals surface area contributed by atoms with Crippen molar-refractivity contribution in [2.24, 2.45) is 7.05 Å². The highest BCUT2D eigenvalue weighted by atomic mass is 32.1. The maximum Gasteiger partial charge on any atom is 0.268 e. The Morgan fingerprint density at radius 3 is 2.92 bits per heavy atom. The van der Waals surface area contributed by atoms with E-state index in [0.29, 0.717) is 4.20 Å². The average molecular weight is 214 g/mol. The van der Waals surface area contributed by atoms with Crippen molar-refractivity contribution in [1.82, 2.24) is 4.57 Å². The minimum atomic E-state index is 0.545. The fraction of sp³-hybridized carbons (Fsp3) is 0.556. The molecule has 13 heavy (non-hydrogen) atoms. The van der Waals surface area contributed by atoms with Gasteiger partial charge in [0.2, 0.25) is 0 Å². The Kier molecular flexibility index (Phi) is 3.81. The second-order valence-corrected chi connectivity index (χ2v) is 4.14. The molecule has 1 rings (SSSR count). The maximum atomic E-state index is 5.01. The fourth-order valence-corrected chi connectivity index (χ4v) is 1.82. The van der Waals surface area contributed by atoms with E-state index in [1.54, 1.807) is 0 Å². The number of thiocarbonyl (C=S) groups is 1. The summed E-state index contributed by atoms with van der Waals surface area (Å²) in [7, 11) is 1.97. The van der Waals surface area contributed by atoms with Gasteiger partial charge in [0.15, 0.2) is 0 Å². The van der Waals surface area contributed by atoms with Crippen molar-refractivity contribution in [3.05, 3.63) is 18.2 Å². The normalized spacial score (nSPS) is 10.3. The predicted molar refractivity (Wildman–Crippen MR) is 59.6 cm³/mol. The van der Waals surface area contributed by atoms with Crippen molar-refractivity contribution in [1.29, 1.82) is 0 Å². The van der Waals surface area contributed by atoms with Crippen molar-refractivity contribution >= 4 is 29.0 Å². The molecule has 1 aromatic rings. The molecule has 0 atom stereocenters. The number of hydrogen-bond donors (Lipinski definition) is 0. The zero-order chi connectivity index (χ0) is 9.84. The van der Waals surface area contributed by atoms with Gasteiger partial charge in [-0.05, 0) is 10.6 Å². The Morgan fingerprint density at radius 2 is 2.38 bits per heavy atom. The number of imidazole rings is 1. The van der Waals surface area contributed by atoms with Gasteiger partial charge in [-0.25, -0.2) is 9.13 Å². The zero-order valence-corrected chi connectivity index (χ0v) is 9.62. The van der Waals surface area contributed by atoms with Gasteiger partial charge >= 0.3 is 0 Å². The lowest BCUT2D eigenvalue weighted by Crippen LogP contribution is -2.34. The van der Waals surface area contributed by atoms with Gasteiger partial charge in [-0.3, -0.25) is 0 Å². The Morgan fingerprint density at radius 1 is 1.69 bits per heavy atom. The highest BCUT2D eigenvalue weighted by molar-refractivity contribution is 8.01. The number of aromatic nitrogens is 2. The summed E-state index contributed by atoms with van der Waals surface area (Å²) >= 11 is 10.0. The summed E-state index contributed by atoms with van der Waals surface area (Å²) in [6.45, 7) is 3.18. The van der Waals surface area contributed by atoms with Crippen LogP contribution in [0.2, 0.25) is 0 Å². The topological polar surface area (TPSA) is 8.81 Å². The lowest BCUT2D eigenvalue weighted by Gasteiger charge is -2.04. The average Bonchev–Trinajstić information content (AvgIpc) is 2.43. The van der Waals surface area contributed by atoms with E-state index in [-0.39, 0.29) is 0 Å². The first kappa shape index (κ1) is 10.6. The molecule has 0 amide bonds. The summed E-state index contributed by atoms with van der Waals surface area (Å²) in [4.78, 5) is 0. The Labute approximate surface area is 90.0 Å². The third kappa shape index (κ3) is 2.48. The summed E-state index contributed by atoms with van der Waals surface area (Å²) in [5.74, 6) is 0.971. The maximum absolute atomic E-state index is 5.01. The molecule has 0 fully saturated rings. The summed E-state index contributed by atoms with van der Waals surface area (Å²) in [5, 5.41) is 0. The molecule has 0 unspecified atom stereocenters. The molecule has 0 aromatic carbocycles. The Hall–Kier alpha value is -0.480. The van der Waals surface area contributed by atoms with Gasteiger partial charge in [0.1, 0.15) is 12.4 Å². The number of nitrogens with zero attached hydrogens (tertiary/aromatic N) is 2. The minimum absolute atomic E-state index is 0.545. The fourth-order valence-electron chi connectivity index (χ4n) is 1.29. The second kappa shape index (κ2) is 4.67. The second-order valence-electron chi connectivity index (χ2n) is 3.07. The summed E-state index contributed by atoms with van der Waals surface area (Å²) < 4.78 is 4.65. The van der Waals surface area contributed by atoms with Crippen LogP contribution in [0.15, 0.2) is 12.4 Å². The molecule has 2 nitrogen and oxygen atoms in total. The Bertz CT molecular complexity index is 305. The minimum Gasteiger partial charge on any atom is -0.421 e. The third-order valence-corrected chi connectivity index (χ3v) is 2.38. The van der Waals surface area contributed by atoms with Crippen LogP contribution in [-0.4, -0.2) is 8.76 Å². The number of hydrogen-bond acceptors (Lipinski definition) is 2. The van der Waals surface area contributed by atoms with Gasteiger partial charge in [-0.1, -0.05) is 13.3 Å². The first-order valence-electron chi connectivity index (χ1n) is 4.43. The van der Waals surface area contributed by atoms with Crippen molar-refractivity contribution in [3.8, 4) is 0 Å². The lowest BCUT2D eigenvalue weighted by atomic mass is 10.3. The molecule has 0 radical (unpaired) electrons. The molecule has 0 aliphatic carbocycles. The first-order valence-corrected chi connectivity index (χ1v) is 5.24. The molecule has 72 valence electrons. The van der Waals surface area contributed by atoms with E-state index >= 15 is 0 Å². The van der Waals surface area contributed by atoms with Crippen molar-refractivity contribution < 1.29 is 4.57 Å². The van der Waals surface area contributed by atoms with Crippen LogP contribution in [0.5, 0.6) is 0 Å². The monoisotopic (exact) mass is 214 g/mol. The molecule has 0 saturated carbocycles. The predicted octanol–water partition coefficient (Wildman–Crippen LogP) is 1.34. The van der Waals surface area contributed by atoms with Crippen LogP contribution in [0.4, 0.5) is 0 Å². The van der Waals surface area contributed by atoms with Crippen LogP contribution in [0.3, 0.4) is 0 Å². The lowest BCUT2D eigenvalue weighted by molar-refractivity contribution is -0.671. The SMILES string of the molecule is CCCCn1cc[n+](C)c1C(=S)[S-]. The Balaban J connectivity index is 2.87. The smallest absolute Gasteiger partial charge is 0.268 e. The van der Waals surface area contributed by atoms with E-state index in [2.05, 4.69) is 11.5 Å². The summed E-state index contributed by atoms with van der Waals surface area (Å²) in [6.07, 6.45) is 6.37. The highest BCUT2D eigenvalue weighted by Gasteiger charge is 2.11. The largest absolute Gasteiger partial charge is 0.421 e. The van der Waals surface area contributed by atoms with Crippen LogP contribution in [0, 0.1) is 0 Å². The van der Waals surface area contributed by atoms with Crippen molar-refractivity contribution in [2.75, 3.05) is 0 Å². The van der Waals surface area contributed by atoms with Gasteiger partial charge < -0.3 is 24.8 Å². The van der Waals surface area contributed by atoms with Crippen molar-refractivity contribution in [3.63, 3.8) is 0 Å². The molecular weight excluding hydrogens is 200 g/mol. The molecule has 4 heteroatoms. The van der Waals surface area contributed by atoms with E-state index in [0.717, 1.165) is 12.4 Å². The van der Waals surface area contributed by atoms with Crippen LogP contribution in [0.25, 0.3) is 0 Å². The van der Waals surface area contributed by atoms with Crippen molar-refractivity contribution in [2.45, 2.75) is 26.3 Å². The van der Waals surface area contributed by atoms with Gasteiger partial charge in [-0.15, -0.1) is 0 Å². The molecule has 0 aliphatic rings. The molecule has 0 spiro atoms. The van der Waals surface area contributed by atoms with Gasteiger partial charge in [0.05, 0.1) is 13.6 Å². The molecule has 0 N–H and O–H groups in total. The van der Waals surface area contributed by atoms with Crippen LogP contribution in [-0.2, 0) is 26.2 Å². The molecular formula is C9H14N2S2. The van der Waals surface area contributed by atoms with Gasteiger partial charge in [0, 0.05) is 0 Å². The molecule has 0 bridgehead atoms.